The molecule has 4 nitrogen and oxygen atoms in total. The first-order valence-electron chi connectivity index (χ1n) is 10.9. The third kappa shape index (κ3) is 6.33. The van der Waals surface area contributed by atoms with E-state index < -0.39 is 6.10 Å². The van der Waals surface area contributed by atoms with E-state index in [1.807, 2.05) is 19.1 Å². The lowest BCUT2D eigenvalue weighted by molar-refractivity contribution is -0.151. The molecule has 0 heterocycles. The van der Waals surface area contributed by atoms with E-state index in [-0.39, 0.29) is 5.97 Å². The lowest BCUT2D eigenvalue weighted by Gasteiger charge is -2.26. The standard InChI is InChI=1S/C25H33NO3/c1-3-5-11-24(25(27)28-4-2)29-23-15-13-20-12-14-22(16-21(20)17-23)26-18-19-9-7-6-8-10-19/h6-10,13,15,17,22,24,26H,3-5,11-12,14,16,18H2,1-2H3. The molecule has 1 aliphatic carbocycles. The smallest absolute Gasteiger partial charge is 0.347 e. The van der Waals surface area contributed by atoms with Gasteiger partial charge in [0.05, 0.1) is 6.61 Å². The summed E-state index contributed by atoms with van der Waals surface area (Å²) in [6.45, 7) is 5.21. The molecule has 29 heavy (non-hydrogen) atoms. The molecule has 0 aromatic heterocycles. The average molecular weight is 396 g/mol. The molecular formula is C25H33NO3. The summed E-state index contributed by atoms with van der Waals surface area (Å²) in [5.41, 5.74) is 4.01. The molecule has 0 spiro atoms. The zero-order chi connectivity index (χ0) is 20.5. The molecule has 0 bridgehead atoms. The fraction of sp³-hybridized carbons (Fsp3) is 0.480. The Labute approximate surface area is 174 Å². The highest BCUT2D eigenvalue weighted by atomic mass is 16.6. The summed E-state index contributed by atoms with van der Waals surface area (Å²) in [6.07, 6.45) is 5.33. The first kappa shape index (κ1) is 21.4. The van der Waals surface area contributed by atoms with Crippen LogP contribution in [0.1, 0.15) is 56.2 Å². The van der Waals surface area contributed by atoms with E-state index in [1.165, 1.54) is 16.7 Å². The van der Waals surface area contributed by atoms with Crippen LogP contribution in [0.3, 0.4) is 0 Å². The third-order valence-corrected chi connectivity index (χ3v) is 5.49. The van der Waals surface area contributed by atoms with Crippen LogP contribution >= 0.6 is 0 Å². The molecule has 0 fully saturated rings. The second-order valence-corrected chi connectivity index (χ2v) is 7.74. The second kappa shape index (κ2) is 11.0. The zero-order valence-corrected chi connectivity index (χ0v) is 17.7. The number of aryl methyl sites for hydroxylation is 1. The van der Waals surface area contributed by atoms with Crippen LogP contribution in [0.4, 0.5) is 0 Å². The molecule has 2 unspecified atom stereocenters. The molecule has 0 aliphatic heterocycles. The Hall–Kier alpha value is -2.33. The van der Waals surface area contributed by atoms with Crippen molar-refractivity contribution in [1.29, 1.82) is 0 Å². The monoisotopic (exact) mass is 395 g/mol. The van der Waals surface area contributed by atoms with Crippen LogP contribution < -0.4 is 10.1 Å². The Kier molecular flexibility index (Phi) is 8.12. The first-order valence-corrected chi connectivity index (χ1v) is 10.9. The van der Waals surface area contributed by atoms with Crippen molar-refractivity contribution in [3.05, 3.63) is 65.2 Å². The predicted molar refractivity (Wildman–Crippen MR) is 116 cm³/mol. The maximum Gasteiger partial charge on any atom is 0.347 e. The largest absolute Gasteiger partial charge is 0.479 e. The maximum atomic E-state index is 12.3. The zero-order valence-electron chi connectivity index (χ0n) is 17.7. The van der Waals surface area contributed by atoms with Gasteiger partial charge in [-0.25, -0.2) is 4.79 Å². The van der Waals surface area contributed by atoms with Gasteiger partial charge < -0.3 is 14.8 Å². The van der Waals surface area contributed by atoms with E-state index in [4.69, 9.17) is 9.47 Å². The number of carbonyl (C=O) groups excluding carboxylic acids is 1. The molecule has 0 saturated heterocycles. The Morgan fingerprint density at radius 3 is 2.72 bits per heavy atom. The quantitative estimate of drug-likeness (QED) is 0.585. The number of hydrogen-bond acceptors (Lipinski definition) is 4. The fourth-order valence-corrected chi connectivity index (χ4v) is 3.85. The van der Waals surface area contributed by atoms with Crippen LogP contribution in [0, 0.1) is 0 Å². The summed E-state index contributed by atoms with van der Waals surface area (Å²) in [6, 6.07) is 17.2. The molecule has 3 rings (SSSR count). The van der Waals surface area contributed by atoms with Crippen LogP contribution in [0.25, 0.3) is 0 Å². The van der Waals surface area contributed by atoms with Crippen molar-refractivity contribution in [3.8, 4) is 5.75 Å². The SMILES string of the molecule is CCCCC(Oc1ccc2c(c1)CC(NCc1ccccc1)CC2)C(=O)OCC. The van der Waals surface area contributed by atoms with Crippen LogP contribution in [0.5, 0.6) is 5.75 Å². The third-order valence-electron chi connectivity index (χ3n) is 5.49. The number of esters is 1. The minimum Gasteiger partial charge on any atom is -0.479 e. The second-order valence-electron chi connectivity index (χ2n) is 7.74. The summed E-state index contributed by atoms with van der Waals surface area (Å²) >= 11 is 0. The highest BCUT2D eigenvalue weighted by Crippen LogP contribution is 2.27. The lowest BCUT2D eigenvalue weighted by atomic mass is 9.88. The van der Waals surface area contributed by atoms with Crippen molar-refractivity contribution in [2.75, 3.05) is 6.61 Å². The molecule has 1 N–H and O–H groups in total. The van der Waals surface area contributed by atoms with Gasteiger partial charge in [-0.05, 0) is 67.9 Å². The molecular weight excluding hydrogens is 362 g/mol. The van der Waals surface area contributed by atoms with E-state index in [9.17, 15) is 4.79 Å². The number of ether oxygens (including phenoxy) is 2. The Balaban J connectivity index is 1.62. The first-order chi connectivity index (χ1) is 14.2. The number of nitrogens with one attached hydrogen (secondary N) is 1. The molecule has 4 heteroatoms. The summed E-state index contributed by atoms with van der Waals surface area (Å²) in [5, 5.41) is 3.69. The topological polar surface area (TPSA) is 47.6 Å². The number of fused-ring (bicyclic) bond motifs is 1. The summed E-state index contributed by atoms with van der Waals surface area (Å²) in [7, 11) is 0. The molecule has 0 amide bonds. The lowest BCUT2D eigenvalue weighted by Crippen LogP contribution is -2.34. The summed E-state index contributed by atoms with van der Waals surface area (Å²) in [4.78, 5) is 12.3. The number of rotatable bonds is 10. The predicted octanol–water partition coefficient (Wildman–Crippen LogP) is 4.83. The van der Waals surface area contributed by atoms with Gasteiger partial charge in [0.25, 0.3) is 0 Å². The number of carbonyl (C=O) groups is 1. The fourth-order valence-electron chi connectivity index (χ4n) is 3.85. The van der Waals surface area contributed by atoms with Gasteiger partial charge in [-0.15, -0.1) is 0 Å². The molecule has 2 aromatic carbocycles. The van der Waals surface area contributed by atoms with Gasteiger partial charge in [0.1, 0.15) is 5.75 Å². The summed E-state index contributed by atoms with van der Waals surface area (Å²) in [5.74, 6) is 0.502. The van der Waals surface area contributed by atoms with Gasteiger partial charge in [0, 0.05) is 12.6 Å². The van der Waals surface area contributed by atoms with Crippen molar-refractivity contribution in [1.82, 2.24) is 5.32 Å². The van der Waals surface area contributed by atoms with Gasteiger partial charge in [-0.2, -0.15) is 0 Å². The van der Waals surface area contributed by atoms with Crippen molar-refractivity contribution in [2.24, 2.45) is 0 Å². The highest BCUT2D eigenvalue weighted by molar-refractivity contribution is 5.75. The number of benzene rings is 2. The van der Waals surface area contributed by atoms with Gasteiger partial charge in [0.2, 0.25) is 0 Å². The van der Waals surface area contributed by atoms with Crippen LogP contribution in [-0.4, -0.2) is 24.7 Å². The number of unbranched alkanes of at least 4 members (excludes halogenated alkanes) is 1. The summed E-state index contributed by atoms with van der Waals surface area (Å²) < 4.78 is 11.3. The maximum absolute atomic E-state index is 12.3. The van der Waals surface area contributed by atoms with Crippen molar-refractivity contribution in [3.63, 3.8) is 0 Å². The molecule has 2 aromatic rings. The minimum absolute atomic E-state index is 0.263. The van der Waals surface area contributed by atoms with E-state index in [1.54, 1.807) is 0 Å². The van der Waals surface area contributed by atoms with E-state index >= 15 is 0 Å². The molecule has 0 saturated carbocycles. The van der Waals surface area contributed by atoms with Gasteiger partial charge in [-0.3, -0.25) is 0 Å². The van der Waals surface area contributed by atoms with Crippen LogP contribution in [0.15, 0.2) is 48.5 Å². The van der Waals surface area contributed by atoms with Gasteiger partial charge >= 0.3 is 5.97 Å². The molecule has 1 aliphatic rings. The van der Waals surface area contributed by atoms with Crippen LogP contribution in [-0.2, 0) is 28.9 Å². The van der Waals surface area contributed by atoms with E-state index in [0.717, 1.165) is 44.4 Å². The molecule has 2 atom stereocenters. The van der Waals surface area contributed by atoms with E-state index in [0.29, 0.717) is 19.1 Å². The van der Waals surface area contributed by atoms with Crippen molar-refractivity contribution >= 4 is 5.97 Å². The normalized spacial score (nSPS) is 16.7. The van der Waals surface area contributed by atoms with Crippen molar-refractivity contribution in [2.45, 2.75) is 71.1 Å². The Bertz CT molecular complexity index is 775. The Morgan fingerprint density at radius 1 is 1.14 bits per heavy atom. The molecule has 0 radical (unpaired) electrons. The number of hydrogen-bond donors (Lipinski definition) is 1. The molecule has 156 valence electrons. The average Bonchev–Trinajstić information content (AvgIpc) is 2.75. The Morgan fingerprint density at radius 2 is 1.97 bits per heavy atom. The minimum atomic E-state index is -0.524. The van der Waals surface area contributed by atoms with Gasteiger partial charge in [-0.1, -0.05) is 49.7 Å². The van der Waals surface area contributed by atoms with Crippen molar-refractivity contribution < 1.29 is 14.3 Å². The highest BCUT2D eigenvalue weighted by Gasteiger charge is 2.23. The van der Waals surface area contributed by atoms with Gasteiger partial charge in [0.15, 0.2) is 6.10 Å². The van der Waals surface area contributed by atoms with E-state index in [2.05, 4.69) is 48.6 Å². The van der Waals surface area contributed by atoms with Crippen LogP contribution in [0.2, 0.25) is 0 Å².